The summed E-state index contributed by atoms with van der Waals surface area (Å²) >= 11 is 1.59. The zero-order valence-corrected chi connectivity index (χ0v) is 14.3. The van der Waals surface area contributed by atoms with Crippen LogP contribution in [0.15, 0.2) is 42.5 Å². The van der Waals surface area contributed by atoms with Gasteiger partial charge in [0.05, 0.1) is 16.3 Å². The van der Waals surface area contributed by atoms with Crippen molar-refractivity contribution < 1.29 is 5.11 Å². The quantitative estimate of drug-likeness (QED) is 0.645. The van der Waals surface area contributed by atoms with Gasteiger partial charge in [0.15, 0.2) is 5.13 Å². The minimum atomic E-state index is 0.0359. The molecule has 1 aliphatic carbocycles. The second kappa shape index (κ2) is 8.08. The van der Waals surface area contributed by atoms with E-state index >= 15 is 0 Å². The fraction of sp³-hybridized carbons (Fsp3) is 0.333. The number of fused-ring (bicyclic) bond motifs is 1. The molecule has 4 N–H and O–H groups in total. The maximum Gasteiger partial charge on any atom is 0.189 e. The van der Waals surface area contributed by atoms with Crippen molar-refractivity contribution in [2.45, 2.75) is 38.2 Å². The van der Waals surface area contributed by atoms with E-state index < -0.39 is 0 Å². The largest absolute Gasteiger partial charge is 0.393 e. The first-order valence-corrected chi connectivity index (χ1v) is 9.05. The minimum absolute atomic E-state index is 0.0359. The second-order valence-corrected chi connectivity index (χ2v) is 6.88. The van der Waals surface area contributed by atoms with Crippen molar-refractivity contribution in [3.63, 3.8) is 0 Å². The Balaban J connectivity index is 0.000000203. The Morgan fingerprint density at radius 3 is 2.46 bits per heavy atom. The number of thiazole rings is 1. The first-order valence-electron chi connectivity index (χ1n) is 8.24. The van der Waals surface area contributed by atoms with Crippen LogP contribution >= 0.6 is 11.3 Å². The van der Waals surface area contributed by atoms with E-state index in [1.54, 1.807) is 17.4 Å². The number of hydrogen-bond donors (Lipinski definition) is 3. The van der Waals surface area contributed by atoms with Crippen LogP contribution < -0.4 is 11.1 Å². The zero-order valence-electron chi connectivity index (χ0n) is 13.5. The van der Waals surface area contributed by atoms with Gasteiger partial charge in [-0.15, -0.1) is 0 Å². The normalized spacial score (nSPS) is 14.9. The van der Waals surface area contributed by atoms with Crippen molar-refractivity contribution >= 4 is 38.3 Å². The number of nitrogens with two attached hydrogens (primary N) is 1. The molecule has 126 valence electrons. The molecule has 0 amide bonds. The molecule has 6 heteroatoms. The molecule has 1 aliphatic rings. The average molecular weight is 342 g/mol. The standard InChI is InChI=1S/C12H10N4S.C6H12O/c13-10-6-3-7-11(15-10)16-12-14-8-4-1-2-5-9(8)17-12;7-6-4-2-1-3-5-6/h1-7H,(H3,13,14,15,16);6-7H,1-5H2. The van der Waals surface area contributed by atoms with E-state index in [1.165, 1.54) is 19.3 Å². The Kier molecular flexibility index (Phi) is 5.61. The number of para-hydroxylation sites is 1. The van der Waals surface area contributed by atoms with Gasteiger partial charge in [-0.3, -0.25) is 0 Å². The first-order chi connectivity index (χ1) is 11.7. The molecule has 2 heterocycles. The first kappa shape index (κ1) is 16.7. The van der Waals surface area contributed by atoms with Gasteiger partial charge < -0.3 is 16.2 Å². The van der Waals surface area contributed by atoms with Crippen molar-refractivity contribution in [2.75, 3.05) is 11.1 Å². The van der Waals surface area contributed by atoms with Crippen molar-refractivity contribution in [1.82, 2.24) is 9.97 Å². The van der Waals surface area contributed by atoms with Gasteiger partial charge in [-0.05, 0) is 37.1 Å². The molecule has 4 rings (SSSR count). The van der Waals surface area contributed by atoms with Gasteiger partial charge >= 0.3 is 0 Å². The van der Waals surface area contributed by atoms with Crippen molar-refractivity contribution in [3.05, 3.63) is 42.5 Å². The van der Waals surface area contributed by atoms with Crippen LogP contribution in [0, 0.1) is 0 Å². The Bertz CT molecular complexity index is 750. The minimum Gasteiger partial charge on any atom is -0.393 e. The predicted octanol–water partition coefficient (Wildman–Crippen LogP) is 4.33. The fourth-order valence-corrected chi connectivity index (χ4v) is 3.51. The predicted molar refractivity (Wildman–Crippen MR) is 101 cm³/mol. The molecule has 0 bridgehead atoms. The number of benzene rings is 1. The topological polar surface area (TPSA) is 84.1 Å². The molecule has 5 nitrogen and oxygen atoms in total. The summed E-state index contributed by atoms with van der Waals surface area (Å²) in [4.78, 5) is 8.64. The number of nitrogens with zero attached hydrogens (tertiary/aromatic N) is 2. The lowest BCUT2D eigenvalue weighted by Crippen LogP contribution is -2.09. The maximum atomic E-state index is 8.91. The molecule has 24 heavy (non-hydrogen) atoms. The van der Waals surface area contributed by atoms with Gasteiger partial charge in [0, 0.05) is 0 Å². The van der Waals surface area contributed by atoms with E-state index in [9.17, 15) is 0 Å². The monoisotopic (exact) mass is 342 g/mol. The summed E-state index contributed by atoms with van der Waals surface area (Å²) in [6.07, 6.45) is 5.92. The lowest BCUT2D eigenvalue weighted by Gasteiger charge is -2.14. The molecule has 0 radical (unpaired) electrons. The summed E-state index contributed by atoms with van der Waals surface area (Å²) in [5.74, 6) is 1.21. The molecular weight excluding hydrogens is 320 g/mol. The summed E-state index contributed by atoms with van der Waals surface area (Å²) in [6, 6.07) is 13.5. The number of rotatable bonds is 2. The summed E-state index contributed by atoms with van der Waals surface area (Å²) in [6.45, 7) is 0. The van der Waals surface area contributed by atoms with Gasteiger partial charge in [0.25, 0.3) is 0 Å². The molecular formula is C18H22N4OS. The molecule has 0 saturated heterocycles. The molecule has 0 spiro atoms. The van der Waals surface area contributed by atoms with E-state index in [-0.39, 0.29) is 6.10 Å². The van der Waals surface area contributed by atoms with E-state index in [1.807, 2.05) is 36.4 Å². The molecule has 0 aliphatic heterocycles. The number of anilines is 3. The lowest BCUT2D eigenvalue weighted by atomic mass is 9.98. The number of nitrogens with one attached hydrogen (secondary N) is 1. The summed E-state index contributed by atoms with van der Waals surface area (Å²) in [7, 11) is 0. The molecule has 3 aromatic rings. The molecule has 2 aromatic heterocycles. The Morgan fingerprint density at radius 2 is 1.79 bits per heavy atom. The van der Waals surface area contributed by atoms with Crippen LogP contribution in [-0.2, 0) is 0 Å². The highest BCUT2D eigenvalue weighted by Crippen LogP contribution is 2.27. The van der Waals surface area contributed by atoms with Gasteiger partial charge in [-0.25, -0.2) is 9.97 Å². The van der Waals surface area contributed by atoms with Gasteiger partial charge in [0.2, 0.25) is 0 Å². The Labute approximate surface area is 145 Å². The van der Waals surface area contributed by atoms with E-state index in [2.05, 4.69) is 15.3 Å². The second-order valence-electron chi connectivity index (χ2n) is 5.85. The van der Waals surface area contributed by atoms with Crippen LogP contribution in [0.1, 0.15) is 32.1 Å². The van der Waals surface area contributed by atoms with E-state index in [4.69, 9.17) is 10.8 Å². The highest BCUT2D eigenvalue weighted by molar-refractivity contribution is 7.22. The molecule has 1 saturated carbocycles. The summed E-state index contributed by atoms with van der Waals surface area (Å²) < 4.78 is 1.15. The van der Waals surface area contributed by atoms with E-state index in [0.717, 1.165) is 28.2 Å². The number of aliphatic hydroxyl groups is 1. The van der Waals surface area contributed by atoms with Crippen molar-refractivity contribution in [1.29, 1.82) is 0 Å². The van der Waals surface area contributed by atoms with Crippen LogP contribution in [0.5, 0.6) is 0 Å². The maximum absolute atomic E-state index is 8.91. The summed E-state index contributed by atoms with van der Waals surface area (Å²) in [5.41, 5.74) is 6.61. The van der Waals surface area contributed by atoms with Crippen molar-refractivity contribution in [3.8, 4) is 0 Å². The number of aliphatic hydroxyl groups excluding tert-OH is 1. The highest BCUT2D eigenvalue weighted by Gasteiger charge is 2.07. The summed E-state index contributed by atoms with van der Waals surface area (Å²) in [5, 5.41) is 12.9. The highest BCUT2D eigenvalue weighted by atomic mass is 32.1. The number of pyridine rings is 1. The molecule has 1 aromatic carbocycles. The fourth-order valence-electron chi connectivity index (χ4n) is 2.64. The molecule has 0 unspecified atom stereocenters. The third-order valence-corrected chi connectivity index (χ3v) is 4.83. The zero-order chi connectivity index (χ0) is 16.8. The number of hydrogen-bond acceptors (Lipinski definition) is 6. The number of nitrogen functional groups attached to an aromatic ring is 1. The van der Waals surface area contributed by atoms with Crippen LogP contribution in [0.25, 0.3) is 10.2 Å². The lowest BCUT2D eigenvalue weighted by molar-refractivity contribution is 0.130. The van der Waals surface area contributed by atoms with E-state index in [0.29, 0.717) is 11.6 Å². The van der Waals surface area contributed by atoms with Gasteiger partial charge in [-0.1, -0.05) is 48.8 Å². The van der Waals surface area contributed by atoms with Crippen molar-refractivity contribution in [2.24, 2.45) is 0 Å². The van der Waals surface area contributed by atoms with Gasteiger partial charge in [0.1, 0.15) is 11.6 Å². The Hall–Kier alpha value is -2.18. The van der Waals surface area contributed by atoms with Crippen LogP contribution in [0.4, 0.5) is 16.8 Å². The van der Waals surface area contributed by atoms with Crippen LogP contribution in [-0.4, -0.2) is 21.2 Å². The smallest absolute Gasteiger partial charge is 0.189 e. The van der Waals surface area contributed by atoms with Gasteiger partial charge in [-0.2, -0.15) is 0 Å². The molecule has 0 atom stereocenters. The Morgan fingerprint density at radius 1 is 1.00 bits per heavy atom. The average Bonchev–Trinajstić information content (AvgIpc) is 2.98. The van der Waals surface area contributed by atoms with Crippen LogP contribution in [0.2, 0.25) is 0 Å². The molecule has 1 fully saturated rings. The third kappa shape index (κ3) is 4.66. The number of aromatic nitrogens is 2. The SMILES string of the molecule is Nc1cccc(Nc2nc3ccccc3s2)n1.OC1CCCCC1. The van der Waals surface area contributed by atoms with Crippen LogP contribution in [0.3, 0.4) is 0 Å². The third-order valence-electron chi connectivity index (χ3n) is 3.87.